The van der Waals surface area contributed by atoms with E-state index in [4.69, 9.17) is 4.74 Å². The van der Waals surface area contributed by atoms with Crippen LogP contribution in [0.4, 0.5) is 5.69 Å². The molecule has 5 rings (SSSR count). The molecule has 2 aliphatic rings. The van der Waals surface area contributed by atoms with E-state index in [1.165, 1.54) is 4.31 Å². The van der Waals surface area contributed by atoms with Crippen LogP contribution in [0.5, 0.6) is 5.75 Å². The molecule has 2 heterocycles. The second kappa shape index (κ2) is 8.72. The number of aromatic amines is 1. The van der Waals surface area contributed by atoms with E-state index in [0.29, 0.717) is 36.3 Å². The molecule has 0 radical (unpaired) electrons. The lowest BCUT2D eigenvalue weighted by atomic mass is 10.1. The van der Waals surface area contributed by atoms with Gasteiger partial charge < -0.3 is 19.7 Å². The number of sulfonamides is 1. The zero-order chi connectivity index (χ0) is 24.0. The lowest BCUT2D eigenvalue weighted by Crippen LogP contribution is -2.44. The molecule has 2 atom stereocenters. The molecule has 1 aliphatic carbocycles. The Bertz CT molecular complexity index is 1400. The van der Waals surface area contributed by atoms with Gasteiger partial charge in [-0.05, 0) is 61.9 Å². The number of pyridine rings is 1. The smallest absolute Gasteiger partial charge is 0.252 e. The van der Waals surface area contributed by atoms with Crippen molar-refractivity contribution in [1.82, 2.24) is 9.29 Å². The molecular weight excluding hydrogens is 454 g/mol. The molecule has 2 unspecified atom stereocenters. The first-order valence-corrected chi connectivity index (χ1v) is 13.0. The molecule has 1 aromatic heterocycles. The van der Waals surface area contributed by atoms with Crippen LogP contribution in [-0.2, 0) is 16.6 Å². The first-order valence-electron chi connectivity index (χ1n) is 11.5. The van der Waals surface area contributed by atoms with Gasteiger partial charge in [0.15, 0.2) is 0 Å². The highest BCUT2D eigenvalue weighted by Gasteiger charge is 2.39. The summed E-state index contributed by atoms with van der Waals surface area (Å²) in [5.74, 6) is 0.515. The van der Waals surface area contributed by atoms with Gasteiger partial charge in [-0.2, -0.15) is 4.31 Å². The van der Waals surface area contributed by atoms with Crippen LogP contribution in [0.1, 0.15) is 30.4 Å². The molecule has 2 N–H and O–H groups in total. The van der Waals surface area contributed by atoms with Gasteiger partial charge in [0.05, 0.1) is 29.3 Å². The molecule has 1 fully saturated rings. The van der Waals surface area contributed by atoms with Gasteiger partial charge in [0, 0.05) is 30.7 Å². The molecule has 1 aliphatic heterocycles. The first-order chi connectivity index (χ1) is 16.2. The van der Waals surface area contributed by atoms with Crippen molar-refractivity contribution >= 4 is 26.6 Å². The third-order valence-electron chi connectivity index (χ3n) is 6.85. The average molecular weight is 484 g/mol. The lowest BCUT2D eigenvalue weighted by molar-refractivity contribution is 0.110. The third kappa shape index (κ3) is 4.08. The molecule has 0 saturated heterocycles. The molecule has 0 amide bonds. The quantitative estimate of drug-likeness (QED) is 0.579. The van der Waals surface area contributed by atoms with Crippen molar-refractivity contribution in [2.45, 2.75) is 49.8 Å². The van der Waals surface area contributed by atoms with Crippen LogP contribution in [0, 0.1) is 6.92 Å². The highest BCUT2D eigenvalue weighted by Crippen LogP contribution is 2.36. The predicted octanol–water partition coefficient (Wildman–Crippen LogP) is 2.77. The number of H-pyrrole nitrogens is 1. The van der Waals surface area contributed by atoms with Gasteiger partial charge >= 0.3 is 0 Å². The normalized spacial score (nSPS) is 20.5. The van der Waals surface area contributed by atoms with Crippen LogP contribution in [0.25, 0.3) is 10.9 Å². The Morgan fingerprint density at radius 1 is 1.18 bits per heavy atom. The first kappa shape index (κ1) is 22.9. The monoisotopic (exact) mass is 483 g/mol. The largest absolute Gasteiger partial charge is 0.490 e. The van der Waals surface area contributed by atoms with E-state index in [0.717, 1.165) is 29.6 Å². The number of benzene rings is 2. The van der Waals surface area contributed by atoms with Crippen LogP contribution in [-0.4, -0.2) is 55.2 Å². The van der Waals surface area contributed by atoms with Gasteiger partial charge in [-0.1, -0.05) is 11.6 Å². The molecular formula is C25H29N3O5S. The van der Waals surface area contributed by atoms with E-state index >= 15 is 0 Å². The molecule has 180 valence electrons. The highest BCUT2D eigenvalue weighted by atomic mass is 32.2. The number of rotatable bonds is 5. The fourth-order valence-electron chi connectivity index (χ4n) is 4.93. The van der Waals surface area contributed by atoms with Crippen LogP contribution >= 0.6 is 0 Å². The number of nitrogens with zero attached hydrogens (tertiary/aromatic N) is 2. The van der Waals surface area contributed by atoms with Gasteiger partial charge in [0.1, 0.15) is 12.4 Å². The number of ether oxygens (including phenoxy) is 1. The summed E-state index contributed by atoms with van der Waals surface area (Å²) in [6, 6.07) is 11.7. The maximum Gasteiger partial charge on any atom is 0.252 e. The predicted molar refractivity (Wildman–Crippen MR) is 131 cm³/mol. The fourth-order valence-corrected chi connectivity index (χ4v) is 6.61. The summed E-state index contributed by atoms with van der Waals surface area (Å²) in [6.45, 7) is 3.04. The summed E-state index contributed by atoms with van der Waals surface area (Å²) < 4.78 is 34.8. The Hall–Kier alpha value is -2.88. The number of aliphatic hydroxyl groups excluding tert-OH is 1. The average Bonchev–Trinajstić information content (AvgIpc) is 3.23. The molecule has 0 spiro atoms. The zero-order valence-electron chi connectivity index (χ0n) is 19.3. The summed E-state index contributed by atoms with van der Waals surface area (Å²) in [7, 11) is -2.09. The van der Waals surface area contributed by atoms with Crippen LogP contribution in [0.15, 0.2) is 52.2 Å². The fraction of sp³-hybridized carbons (Fsp3) is 0.400. The maximum absolute atomic E-state index is 13.9. The molecule has 1 saturated carbocycles. The Morgan fingerprint density at radius 2 is 2.00 bits per heavy atom. The minimum Gasteiger partial charge on any atom is -0.490 e. The van der Waals surface area contributed by atoms with E-state index < -0.39 is 22.2 Å². The second-order valence-electron chi connectivity index (χ2n) is 9.23. The van der Waals surface area contributed by atoms with Crippen LogP contribution < -0.4 is 15.2 Å². The molecule has 9 heteroatoms. The lowest BCUT2D eigenvalue weighted by Gasteiger charge is -2.31. The second-order valence-corrected chi connectivity index (χ2v) is 11.1. The van der Waals surface area contributed by atoms with Crippen molar-refractivity contribution in [1.29, 1.82) is 0 Å². The van der Waals surface area contributed by atoms with Gasteiger partial charge in [-0.25, -0.2) is 8.42 Å². The van der Waals surface area contributed by atoms with E-state index in [-0.39, 0.29) is 17.0 Å². The summed E-state index contributed by atoms with van der Waals surface area (Å²) in [4.78, 5) is 17.9. The number of fused-ring (bicyclic) bond motifs is 2. The number of aliphatic hydroxyl groups is 1. The van der Waals surface area contributed by atoms with E-state index in [1.807, 2.05) is 37.1 Å². The molecule has 8 nitrogen and oxygen atoms in total. The third-order valence-corrected chi connectivity index (χ3v) is 8.72. The Labute approximate surface area is 198 Å². The van der Waals surface area contributed by atoms with Crippen molar-refractivity contribution in [2.24, 2.45) is 0 Å². The number of aromatic nitrogens is 1. The van der Waals surface area contributed by atoms with Gasteiger partial charge in [-0.3, -0.25) is 4.79 Å². The summed E-state index contributed by atoms with van der Waals surface area (Å²) in [6.07, 6.45) is 1.01. The standard InChI is InChI=1S/C25H29N3O5S/c1-16-6-8-20-17(12-16)13-18(25(30)26-20)15-28(21-4-3-5-23(21)29)34(31,32)19-7-9-22-24(14-19)33-11-10-27(22)2/h6-9,12-14,21,23,29H,3-5,10-11,15H2,1-2H3,(H,26,30). The van der Waals surface area contributed by atoms with Crippen molar-refractivity contribution < 1.29 is 18.3 Å². The Balaban J connectivity index is 1.58. The van der Waals surface area contributed by atoms with Crippen LogP contribution in [0.3, 0.4) is 0 Å². The van der Waals surface area contributed by atoms with Gasteiger partial charge in [-0.15, -0.1) is 0 Å². The topological polar surface area (TPSA) is 103 Å². The molecule has 3 aromatic rings. The molecule has 0 bridgehead atoms. The van der Waals surface area contributed by atoms with E-state index in [9.17, 15) is 18.3 Å². The van der Waals surface area contributed by atoms with Crippen molar-refractivity contribution in [2.75, 3.05) is 25.1 Å². The molecule has 34 heavy (non-hydrogen) atoms. The Morgan fingerprint density at radius 3 is 2.76 bits per heavy atom. The summed E-state index contributed by atoms with van der Waals surface area (Å²) in [5, 5.41) is 11.5. The van der Waals surface area contributed by atoms with Crippen molar-refractivity contribution in [3.05, 3.63) is 63.9 Å². The zero-order valence-corrected chi connectivity index (χ0v) is 20.1. The van der Waals surface area contributed by atoms with Gasteiger partial charge in [0.25, 0.3) is 5.56 Å². The highest BCUT2D eigenvalue weighted by molar-refractivity contribution is 7.89. The number of hydrogen-bond acceptors (Lipinski definition) is 6. The minimum atomic E-state index is -4.02. The number of hydrogen-bond donors (Lipinski definition) is 2. The molecule has 2 aromatic carbocycles. The SMILES string of the molecule is Cc1ccc2[nH]c(=O)c(CN(C3CCCC3O)S(=O)(=O)c3ccc4c(c3)OCCN4C)cc2c1. The van der Waals surface area contributed by atoms with Crippen molar-refractivity contribution in [3.63, 3.8) is 0 Å². The summed E-state index contributed by atoms with van der Waals surface area (Å²) in [5.41, 5.74) is 2.58. The number of likely N-dealkylation sites (N-methyl/N-ethyl adjacent to an activating group) is 1. The van der Waals surface area contributed by atoms with Crippen molar-refractivity contribution in [3.8, 4) is 5.75 Å². The Kier molecular flexibility index (Phi) is 5.87. The van der Waals surface area contributed by atoms with Crippen LogP contribution in [0.2, 0.25) is 0 Å². The van der Waals surface area contributed by atoms with Gasteiger partial charge in [0.2, 0.25) is 10.0 Å². The number of nitrogens with one attached hydrogen (secondary N) is 1. The minimum absolute atomic E-state index is 0.0914. The van der Waals surface area contributed by atoms with E-state index in [2.05, 4.69) is 4.98 Å². The maximum atomic E-state index is 13.9. The number of aryl methyl sites for hydroxylation is 1. The summed E-state index contributed by atoms with van der Waals surface area (Å²) >= 11 is 0. The number of anilines is 1. The van der Waals surface area contributed by atoms with E-state index in [1.54, 1.807) is 24.3 Å².